The third-order valence-corrected chi connectivity index (χ3v) is 4.41. The van der Waals surface area contributed by atoms with Gasteiger partial charge in [-0.25, -0.2) is 0 Å². The Morgan fingerprint density at radius 1 is 0.958 bits per heavy atom. The van der Waals surface area contributed by atoms with Crippen LogP contribution in [0.3, 0.4) is 0 Å². The van der Waals surface area contributed by atoms with Crippen molar-refractivity contribution in [1.29, 1.82) is 0 Å². The Morgan fingerprint density at radius 3 is 2.33 bits per heavy atom. The molecule has 2 aliphatic heterocycles. The van der Waals surface area contributed by atoms with Gasteiger partial charge in [-0.05, 0) is 29.8 Å². The molecule has 124 valence electrons. The topological polar surface area (TPSA) is 57.2 Å². The average Bonchev–Trinajstić information content (AvgIpc) is 2.80. The highest BCUT2D eigenvalue weighted by molar-refractivity contribution is 5.97. The maximum absolute atomic E-state index is 10.6. The second-order valence-electron chi connectivity index (χ2n) is 5.69. The normalized spacial score (nSPS) is 18.4. The number of methoxy groups -OCH3 is 2. The van der Waals surface area contributed by atoms with Gasteiger partial charge in [0.05, 0.1) is 20.8 Å². The molecule has 1 unspecified atom stereocenters. The average molecular weight is 326 g/mol. The standard InChI is InChI=1S/C19H18O5/c1-21-11-4-6-15-16(9-11)23-8-7-14-13-5-3-12(22-2)10-17(13)24-19(20)18(14)15/h3-6,9-10,19-20H,7-8H2,1-2H3. The van der Waals surface area contributed by atoms with Crippen molar-refractivity contribution in [2.75, 3.05) is 20.8 Å². The zero-order valence-corrected chi connectivity index (χ0v) is 13.5. The Hall–Kier alpha value is -2.66. The summed E-state index contributed by atoms with van der Waals surface area (Å²) < 4.78 is 22.1. The van der Waals surface area contributed by atoms with Crippen molar-refractivity contribution in [3.63, 3.8) is 0 Å². The fourth-order valence-corrected chi connectivity index (χ4v) is 3.25. The molecule has 2 aromatic rings. The molecule has 0 bridgehead atoms. The summed E-state index contributed by atoms with van der Waals surface area (Å²) in [6.45, 7) is 0.525. The third kappa shape index (κ3) is 2.29. The van der Waals surface area contributed by atoms with Gasteiger partial charge in [-0.2, -0.15) is 0 Å². The Kier molecular flexibility index (Phi) is 3.58. The van der Waals surface area contributed by atoms with E-state index in [1.165, 1.54) is 0 Å². The summed E-state index contributed by atoms with van der Waals surface area (Å²) in [6.07, 6.45) is -0.361. The molecule has 0 aromatic heterocycles. The monoisotopic (exact) mass is 326 g/mol. The lowest BCUT2D eigenvalue weighted by Crippen LogP contribution is -2.23. The second kappa shape index (κ2) is 5.76. The van der Waals surface area contributed by atoms with E-state index in [0.717, 1.165) is 22.3 Å². The number of ether oxygens (including phenoxy) is 4. The van der Waals surface area contributed by atoms with Crippen LogP contribution in [-0.2, 0) is 0 Å². The number of hydrogen-bond donors (Lipinski definition) is 1. The summed E-state index contributed by atoms with van der Waals surface area (Å²) >= 11 is 0. The smallest absolute Gasteiger partial charge is 0.225 e. The van der Waals surface area contributed by atoms with E-state index in [1.807, 2.05) is 30.3 Å². The Morgan fingerprint density at radius 2 is 1.62 bits per heavy atom. The van der Waals surface area contributed by atoms with Crippen LogP contribution >= 0.6 is 0 Å². The van der Waals surface area contributed by atoms with Gasteiger partial charge in [0.25, 0.3) is 0 Å². The van der Waals surface area contributed by atoms with Gasteiger partial charge in [-0.3, -0.25) is 0 Å². The molecule has 2 aliphatic rings. The van der Waals surface area contributed by atoms with Crippen LogP contribution in [0.4, 0.5) is 0 Å². The van der Waals surface area contributed by atoms with Crippen molar-refractivity contribution in [2.45, 2.75) is 12.7 Å². The summed E-state index contributed by atoms with van der Waals surface area (Å²) in [5, 5.41) is 10.6. The molecule has 4 rings (SSSR count). The van der Waals surface area contributed by atoms with Gasteiger partial charge in [0, 0.05) is 35.3 Å². The first kappa shape index (κ1) is 14.9. The molecule has 0 fully saturated rings. The van der Waals surface area contributed by atoms with Crippen LogP contribution in [-0.4, -0.2) is 32.2 Å². The van der Waals surface area contributed by atoms with E-state index in [4.69, 9.17) is 18.9 Å². The minimum absolute atomic E-state index is 0.525. The van der Waals surface area contributed by atoms with Crippen molar-refractivity contribution in [2.24, 2.45) is 0 Å². The highest BCUT2D eigenvalue weighted by Gasteiger charge is 2.32. The van der Waals surface area contributed by atoms with Crippen LogP contribution in [0, 0.1) is 0 Å². The van der Waals surface area contributed by atoms with Crippen molar-refractivity contribution in [1.82, 2.24) is 0 Å². The van der Waals surface area contributed by atoms with Crippen LogP contribution in [0.15, 0.2) is 36.4 Å². The van der Waals surface area contributed by atoms with Gasteiger partial charge in [-0.15, -0.1) is 0 Å². The quantitative estimate of drug-likeness (QED) is 0.919. The molecule has 2 aromatic carbocycles. The molecule has 5 nitrogen and oxygen atoms in total. The van der Waals surface area contributed by atoms with Gasteiger partial charge in [0.15, 0.2) is 0 Å². The molecule has 24 heavy (non-hydrogen) atoms. The number of aliphatic hydroxyl groups is 1. The van der Waals surface area contributed by atoms with E-state index in [1.54, 1.807) is 20.3 Å². The highest BCUT2D eigenvalue weighted by atomic mass is 16.6. The largest absolute Gasteiger partial charge is 0.497 e. The van der Waals surface area contributed by atoms with Crippen LogP contribution in [0.2, 0.25) is 0 Å². The lowest BCUT2D eigenvalue weighted by molar-refractivity contribution is 0.0312. The summed E-state index contributed by atoms with van der Waals surface area (Å²) in [4.78, 5) is 0. The van der Waals surface area contributed by atoms with Gasteiger partial charge < -0.3 is 24.1 Å². The highest BCUT2D eigenvalue weighted by Crippen LogP contribution is 2.46. The number of aliphatic hydroxyl groups excluding tert-OH is 1. The van der Waals surface area contributed by atoms with Crippen molar-refractivity contribution >= 4 is 11.1 Å². The van der Waals surface area contributed by atoms with Gasteiger partial charge >= 0.3 is 0 Å². The SMILES string of the molecule is COc1ccc2c(c1)OC(O)C1=C2CCOc2cc(OC)ccc21. The fraction of sp³-hybridized carbons (Fsp3) is 0.263. The van der Waals surface area contributed by atoms with E-state index in [2.05, 4.69) is 0 Å². The maximum atomic E-state index is 10.6. The number of rotatable bonds is 2. The predicted molar refractivity (Wildman–Crippen MR) is 89.5 cm³/mol. The first-order valence-electron chi connectivity index (χ1n) is 7.78. The summed E-state index contributed by atoms with van der Waals surface area (Å²) in [5.41, 5.74) is 3.58. The van der Waals surface area contributed by atoms with Crippen molar-refractivity contribution < 1.29 is 24.1 Å². The van der Waals surface area contributed by atoms with E-state index in [0.29, 0.717) is 36.0 Å². The van der Waals surface area contributed by atoms with E-state index in [-0.39, 0.29) is 0 Å². The lowest BCUT2D eigenvalue weighted by Gasteiger charge is -2.27. The Bertz CT molecular complexity index is 825. The van der Waals surface area contributed by atoms with E-state index in [9.17, 15) is 5.11 Å². The first-order chi connectivity index (χ1) is 11.7. The molecule has 0 aliphatic carbocycles. The molecular weight excluding hydrogens is 308 g/mol. The fourth-order valence-electron chi connectivity index (χ4n) is 3.25. The molecule has 1 atom stereocenters. The summed E-state index contributed by atoms with van der Waals surface area (Å²) in [7, 11) is 3.22. The van der Waals surface area contributed by atoms with E-state index >= 15 is 0 Å². The van der Waals surface area contributed by atoms with Crippen molar-refractivity contribution in [3.05, 3.63) is 47.5 Å². The lowest BCUT2D eigenvalue weighted by atomic mass is 9.90. The van der Waals surface area contributed by atoms with Gasteiger partial charge in [0.1, 0.15) is 23.0 Å². The van der Waals surface area contributed by atoms with Crippen LogP contribution in [0.5, 0.6) is 23.0 Å². The van der Waals surface area contributed by atoms with Gasteiger partial charge in [-0.1, -0.05) is 0 Å². The van der Waals surface area contributed by atoms with Gasteiger partial charge in [0.2, 0.25) is 6.29 Å². The molecule has 0 amide bonds. The Labute approximate surface area is 140 Å². The number of benzene rings is 2. The molecule has 5 heteroatoms. The summed E-state index contributed by atoms with van der Waals surface area (Å²) in [5.74, 6) is 2.73. The molecule has 0 saturated carbocycles. The number of fused-ring (bicyclic) bond motifs is 4. The van der Waals surface area contributed by atoms with Crippen molar-refractivity contribution in [3.8, 4) is 23.0 Å². The molecular formula is C19H18O5. The van der Waals surface area contributed by atoms with Crippen LogP contribution < -0.4 is 18.9 Å². The molecule has 0 saturated heterocycles. The molecule has 2 heterocycles. The number of hydrogen-bond acceptors (Lipinski definition) is 5. The molecule has 0 radical (unpaired) electrons. The molecule has 0 spiro atoms. The van der Waals surface area contributed by atoms with Crippen LogP contribution in [0.25, 0.3) is 11.1 Å². The minimum atomic E-state index is -1.05. The minimum Gasteiger partial charge on any atom is -0.497 e. The zero-order valence-electron chi connectivity index (χ0n) is 13.5. The maximum Gasteiger partial charge on any atom is 0.225 e. The molecule has 1 N–H and O–H groups in total. The summed E-state index contributed by atoms with van der Waals surface area (Å²) in [6, 6.07) is 11.2. The zero-order chi connectivity index (χ0) is 16.7. The first-order valence-corrected chi connectivity index (χ1v) is 7.78. The second-order valence-corrected chi connectivity index (χ2v) is 5.69. The van der Waals surface area contributed by atoms with E-state index < -0.39 is 6.29 Å². The van der Waals surface area contributed by atoms with Crippen LogP contribution in [0.1, 0.15) is 17.5 Å². The Balaban J connectivity index is 1.90. The predicted octanol–water partition coefficient (Wildman–Crippen LogP) is 3.11. The third-order valence-electron chi connectivity index (χ3n) is 4.41.